The van der Waals surface area contributed by atoms with Crippen molar-refractivity contribution in [1.82, 2.24) is 14.5 Å². The van der Waals surface area contributed by atoms with Gasteiger partial charge in [0.2, 0.25) is 0 Å². The summed E-state index contributed by atoms with van der Waals surface area (Å²) in [7, 11) is 6.90. The van der Waals surface area contributed by atoms with Crippen LogP contribution in [0.2, 0.25) is 0 Å². The van der Waals surface area contributed by atoms with Gasteiger partial charge in [-0.15, -0.1) is 0 Å². The van der Waals surface area contributed by atoms with Gasteiger partial charge in [-0.3, -0.25) is 0 Å². The number of nitrogens with zero attached hydrogens (tertiary/aromatic N) is 3. The SMILES string of the molecule is COc1ccc(Nc2cc3c(cn2)nc(-c2ccc(OC)c(OC)c2)n3C)c(C)c1. The molecular formula is C23H24N4O3. The maximum absolute atomic E-state index is 5.43. The second-order valence-electron chi connectivity index (χ2n) is 6.93. The van der Waals surface area contributed by atoms with Crippen LogP contribution in [0.5, 0.6) is 17.2 Å². The van der Waals surface area contributed by atoms with Crippen LogP contribution in [-0.4, -0.2) is 35.9 Å². The molecule has 30 heavy (non-hydrogen) atoms. The van der Waals surface area contributed by atoms with E-state index in [-0.39, 0.29) is 0 Å². The Morgan fingerprint density at radius 1 is 0.900 bits per heavy atom. The van der Waals surface area contributed by atoms with Gasteiger partial charge in [0, 0.05) is 24.4 Å². The molecule has 0 saturated heterocycles. The molecule has 0 radical (unpaired) electrons. The molecule has 0 atom stereocenters. The van der Waals surface area contributed by atoms with E-state index in [2.05, 4.69) is 10.3 Å². The maximum atomic E-state index is 5.43. The Balaban J connectivity index is 1.70. The third-order valence-electron chi connectivity index (χ3n) is 5.11. The Morgan fingerprint density at radius 3 is 2.40 bits per heavy atom. The van der Waals surface area contributed by atoms with Gasteiger partial charge in [0.25, 0.3) is 0 Å². The Kier molecular flexibility index (Phi) is 5.18. The zero-order chi connectivity index (χ0) is 21.3. The Hall–Kier alpha value is -3.74. The van der Waals surface area contributed by atoms with E-state index < -0.39 is 0 Å². The molecule has 154 valence electrons. The first kappa shape index (κ1) is 19.6. The molecular weight excluding hydrogens is 380 g/mol. The number of hydrogen-bond donors (Lipinski definition) is 1. The molecule has 0 unspecified atom stereocenters. The minimum Gasteiger partial charge on any atom is -0.497 e. The molecule has 4 rings (SSSR count). The molecule has 0 bridgehead atoms. The largest absolute Gasteiger partial charge is 0.497 e. The number of methoxy groups -OCH3 is 3. The third kappa shape index (κ3) is 3.50. The summed E-state index contributed by atoms with van der Waals surface area (Å²) >= 11 is 0. The summed E-state index contributed by atoms with van der Waals surface area (Å²) in [6.45, 7) is 2.03. The van der Waals surface area contributed by atoms with Gasteiger partial charge in [0.15, 0.2) is 11.5 Å². The van der Waals surface area contributed by atoms with Crippen molar-refractivity contribution in [3.05, 3.63) is 54.2 Å². The summed E-state index contributed by atoms with van der Waals surface area (Å²) in [6.07, 6.45) is 1.78. The van der Waals surface area contributed by atoms with Crippen molar-refractivity contribution in [2.24, 2.45) is 7.05 Å². The molecule has 0 amide bonds. The molecule has 2 aromatic heterocycles. The van der Waals surface area contributed by atoms with E-state index in [1.54, 1.807) is 27.5 Å². The number of anilines is 2. The number of aromatic nitrogens is 3. The highest BCUT2D eigenvalue weighted by Crippen LogP contribution is 2.33. The zero-order valence-electron chi connectivity index (χ0n) is 17.7. The minimum absolute atomic E-state index is 0.664. The van der Waals surface area contributed by atoms with Gasteiger partial charge in [-0.05, 0) is 48.9 Å². The van der Waals surface area contributed by atoms with Crippen molar-refractivity contribution in [2.75, 3.05) is 26.6 Å². The normalized spacial score (nSPS) is 10.8. The molecule has 7 nitrogen and oxygen atoms in total. The maximum Gasteiger partial charge on any atom is 0.161 e. The number of imidazole rings is 1. The van der Waals surface area contributed by atoms with Crippen molar-refractivity contribution >= 4 is 22.5 Å². The number of hydrogen-bond acceptors (Lipinski definition) is 6. The molecule has 1 N–H and O–H groups in total. The molecule has 0 aliphatic carbocycles. The van der Waals surface area contributed by atoms with Crippen molar-refractivity contribution < 1.29 is 14.2 Å². The Labute approximate surface area is 175 Å². The van der Waals surface area contributed by atoms with E-state index >= 15 is 0 Å². The highest BCUT2D eigenvalue weighted by Gasteiger charge is 2.14. The molecule has 2 aromatic carbocycles. The summed E-state index contributed by atoms with van der Waals surface area (Å²) < 4.78 is 18.1. The van der Waals surface area contributed by atoms with E-state index in [0.717, 1.165) is 45.2 Å². The lowest BCUT2D eigenvalue weighted by molar-refractivity contribution is 0.355. The van der Waals surface area contributed by atoms with Crippen LogP contribution in [0.25, 0.3) is 22.4 Å². The van der Waals surface area contributed by atoms with Gasteiger partial charge in [-0.25, -0.2) is 9.97 Å². The van der Waals surface area contributed by atoms with Crippen molar-refractivity contribution in [3.63, 3.8) is 0 Å². The lowest BCUT2D eigenvalue weighted by Gasteiger charge is -2.11. The van der Waals surface area contributed by atoms with Crippen LogP contribution in [0, 0.1) is 6.92 Å². The van der Waals surface area contributed by atoms with Gasteiger partial charge < -0.3 is 24.1 Å². The number of nitrogens with one attached hydrogen (secondary N) is 1. The molecule has 7 heteroatoms. The molecule has 0 fully saturated rings. The van der Waals surface area contributed by atoms with Gasteiger partial charge in [0.1, 0.15) is 22.9 Å². The number of ether oxygens (including phenoxy) is 3. The predicted molar refractivity (Wildman–Crippen MR) is 118 cm³/mol. The van der Waals surface area contributed by atoms with E-state index in [9.17, 15) is 0 Å². The van der Waals surface area contributed by atoms with E-state index in [1.165, 1.54) is 0 Å². The summed E-state index contributed by atoms with van der Waals surface area (Å²) in [5.74, 6) is 3.75. The second kappa shape index (κ2) is 7.94. The number of benzene rings is 2. The molecule has 0 aliphatic heterocycles. The topological polar surface area (TPSA) is 70.4 Å². The monoisotopic (exact) mass is 404 g/mol. The van der Waals surface area contributed by atoms with Crippen molar-refractivity contribution in [2.45, 2.75) is 6.92 Å². The Morgan fingerprint density at radius 2 is 1.70 bits per heavy atom. The number of pyridine rings is 1. The zero-order valence-corrected chi connectivity index (χ0v) is 17.7. The summed E-state index contributed by atoms with van der Waals surface area (Å²) in [5, 5.41) is 3.38. The number of aryl methyl sites for hydroxylation is 2. The summed E-state index contributed by atoms with van der Waals surface area (Å²) in [6, 6.07) is 13.7. The van der Waals surface area contributed by atoms with Gasteiger partial charge in [-0.1, -0.05) is 0 Å². The fraction of sp³-hybridized carbons (Fsp3) is 0.217. The highest BCUT2D eigenvalue weighted by molar-refractivity contribution is 5.83. The first-order chi connectivity index (χ1) is 14.5. The molecule has 0 spiro atoms. The average molecular weight is 404 g/mol. The van der Waals surface area contributed by atoms with Crippen molar-refractivity contribution in [3.8, 4) is 28.6 Å². The van der Waals surface area contributed by atoms with Gasteiger partial charge in [0.05, 0.1) is 33.0 Å². The molecule has 2 heterocycles. The van der Waals surface area contributed by atoms with Crippen LogP contribution in [0.15, 0.2) is 48.7 Å². The van der Waals surface area contributed by atoms with E-state index in [0.29, 0.717) is 11.5 Å². The van der Waals surface area contributed by atoms with E-state index in [4.69, 9.17) is 19.2 Å². The standard InChI is InChI=1S/C23H24N4O3/c1-14-10-16(28-3)7-8-17(14)25-22-12-19-18(13-24-22)26-23(27(19)2)15-6-9-20(29-4)21(11-15)30-5/h6-13H,1-5H3,(H,24,25). The third-order valence-corrected chi connectivity index (χ3v) is 5.11. The average Bonchev–Trinajstić information content (AvgIpc) is 3.10. The second-order valence-corrected chi connectivity index (χ2v) is 6.93. The fourth-order valence-electron chi connectivity index (χ4n) is 3.44. The van der Waals surface area contributed by atoms with Crippen LogP contribution >= 0.6 is 0 Å². The lowest BCUT2D eigenvalue weighted by atomic mass is 10.2. The van der Waals surface area contributed by atoms with Crippen LogP contribution in [0.3, 0.4) is 0 Å². The summed E-state index contributed by atoms with van der Waals surface area (Å²) in [5.41, 5.74) is 4.78. The summed E-state index contributed by atoms with van der Waals surface area (Å²) in [4.78, 5) is 9.29. The predicted octanol–water partition coefficient (Wildman–Crippen LogP) is 4.71. The van der Waals surface area contributed by atoms with Crippen LogP contribution in [0.1, 0.15) is 5.56 Å². The minimum atomic E-state index is 0.664. The van der Waals surface area contributed by atoms with Crippen LogP contribution in [0.4, 0.5) is 11.5 Å². The molecule has 0 aliphatic rings. The first-order valence-electron chi connectivity index (χ1n) is 9.50. The van der Waals surface area contributed by atoms with Crippen LogP contribution in [-0.2, 0) is 7.05 Å². The smallest absolute Gasteiger partial charge is 0.161 e. The highest BCUT2D eigenvalue weighted by atomic mass is 16.5. The first-order valence-corrected chi connectivity index (χ1v) is 9.50. The Bertz CT molecular complexity index is 1220. The van der Waals surface area contributed by atoms with Gasteiger partial charge in [-0.2, -0.15) is 0 Å². The number of rotatable bonds is 6. The lowest BCUT2D eigenvalue weighted by Crippen LogP contribution is -1.97. The fourth-order valence-corrected chi connectivity index (χ4v) is 3.44. The van der Waals surface area contributed by atoms with Gasteiger partial charge >= 0.3 is 0 Å². The molecule has 0 saturated carbocycles. The quantitative estimate of drug-likeness (QED) is 0.502. The molecule has 4 aromatic rings. The number of fused-ring (bicyclic) bond motifs is 1. The van der Waals surface area contributed by atoms with Crippen LogP contribution < -0.4 is 19.5 Å². The van der Waals surface area contributed by atoms with E-state index in [1.807, 2.05) is 61.0 Å². The van der Waals surface area contributed by atoms with Crippen molar-refractivity contribution in [1.29, 1.82) is 0 Å².